The van der Waals surface area contributed by atoms with E-state index in [9.17, 15) is 22.4 Å². The minimum atomic E-state index is -2.11. The monoisotopic (exact) mass is 444 g/mol. The van der Waals surface area contributed by atoms with Crippen molar-refractivity contribution >= 4 is 30.2 Å². The van der Waals surface area contributed by atoms with Crippen molar-refractivity contribution < 1.29 is 31.8 Å². The van der Waals surface area contributed by atoms with Gasteiger partial charge in [-0.1, -0.05) is 0 Å². The van der Waals surface area contributed by atoms with Gasteiger partial charge in [0, 0.05) is 0 Å². The fourth-order valence-electron chi connectivity index (χ4n) is 2.65. The molecule has 9 nitrogen and oxygen atoms in total. The van der Waals surface area contributed by atoms with Gasteiger partial charge in [-0.3, -0.25) is 9.79 Å². The van der Waals surface area contributed by atoms with Crippen LogP contribution in [0.2, 0.25) is 0 Å². The number of nitrogens with two attached hydrogens (primary N) is 1. The zero-order chi connectivity index (χ0) is 23.2. The summed E-state index contributed by atoms with van der Waals surface area (Å²) < 4.78 is 63.8. The van der Waals surface area contributed by atoms with Gasteiger partial charge in [0.2, 0.25) is 12.7 Å². The highest BCUT2D eigenvalue weighted by Crippen LogP contribution is 2.37. The van der Waals surface area contributed by atoms with E-state index in [0.717, 1.165) is 18.3 Å². The normalized spacial score (nSPS) is 24.1. The second-order valence-electron chi connectivity index (χ2n) is 6.38. The first-order chi connectivity index (χ1) is 14.7. The van der Waals surface area contributed by atoms with Crippen molar-refractivity contribution in [2.45, 2.75) is 31.7 Å². The number of hydrogen-bond acceptors (Lipinski definition) is 8. The molecule has 1 amide bonds. The average Bonchev–Trinajstić information content (AvgIpc) is 2.74. The summed E-state index contributed by atoms with van der Waals surface area (Å²) in [6, 6.07) is 1.54. The van der Waals surface area contributed by atoms with Crippen LogP contribution in [0.4, 0.5) is 23.4 Å². The minimum absolute atomic E-state index is 0.114. The average molecular weight is 444 g/mol. The predicted molar refractivity (Wildman–Crippen MR) is 105 cm³/mol. The lowest BCUT2D eigenvalue weighted by molar-refractivity contribution is -0.110. The molecule has 1 aromatic rings. The Balaban J connectivity index is 2.32. The Morgan fingerprint density at radius 3 is 2.81 bits per heavy atom. The summed E-state index contributed by atoms with van der Waals surface area (Å²) in [4.78, 5) is 27.1. The molecule has 0 fully saturated rings. The number of aromatic nitrogens is 1. The zero-order valence-electron chi connectivity index (χ0n) is 16.6. The van der Waals surface area contributed by atoms with Crippen LogP contribution < -0.4 is 11.1 Å². The first-order valence-electron chi connectivity index (χ1n) is 8.76. The largest absolute Gasteiger partial charge is 0.456 e. The maximum atomic E-state index is 14.8. The number of rotatable bonds is 8. The Hall–Kier alpha value is -3.51. The van der Waals surface area contributed by atoms with Crippen LogP contribution in [0.1, 0.15) is 19.5 Å². The van der Waals surface area contributed by atoms with Gasteiger partial charge < -0.3 is 20.5 Å². The molecule has 0 radical (unpaired) electrons. The summed E-state index contributed by atoms with van der Waals surface area (Å²) in [6.45, 7) is 3.27. The lowest BCUT2D eigenvalue weighted by Crippen LogP contribution is -2.51. The lowest BCUT2D eigenvalue weighted by atomic mass is 9.87. The molecule has 0 unspecified atom stereocenters. The standard InChI is InChI=1S/C18H20F4N6O3/c1-9(25-7-13(24-3)30-8-20)16(29)27-12-5-4-10(21)15(26-12)18(2)14(22)11(6-19)31-17(23)28-18/h4-5,7,11,14H,3,6,8H2,1-2H3,(H2,23,28)(H,26,27,29)/b13-7+,25-9?/t11-,14+,18+/m1/s1. The van der Waals surface area contributed by atoms with E-state index in [-0.39, 0.29) is 17.4 Å². The van der Waals surface area contributed by atoms with Gasteiger partial charge in [0.15, 0.2) is 12.3 Å². The molecule has 31 heavy (non-hydrogen) atoms. The van der Waals surface area contributed by atoms with Crippen LogP contribution in [-0.4, -0.2) is 55.2 Å². The number of alkyl halides is 3. The van der Waals surface area contributed by atoms with Crippen LogP contribution in [0.25, 0.3) is 0 Å². The van der Waals surface area contributed by atoms with E-state index in [0.29, 0.717) is 0 Å². The second kappa shape index (κ2) is 10.00. The number of hydrogen-bond donors (Lipinski definition) is 2. The first-order valence-corrected chi connectivity index (χ1v) is 8.76. The molecule has 1 aromatic heterocycles. The summed E-state index contributed by atoms with van der Waals surface area (Å²) >= 11 is 0. The van der Waals surface area contributed by atoms with Crippen LogP contribution >= 0.6 is 0 Å². The van der Waals surface area contributed by atoms with Crippen molar-refractivity contribution in [3.63, 3.8) is 0 Å². The van der Waals surface area contributed by atoms with Crippen molar-refractivity contribution in [1.82, 2.24) is 4.98 Å². The van der Waals surface area contributed by atoms with E-state index >= 15 is 0 Å². The number of amidine groups is 1. The molecule has 0 saturated heterocycles. The summed E-state index contributed by atoms with van der Waals surface area (Å²) in [5.41, 5.74) is 2.86. The molecule has 0 saturated carbocycles. The number of ether oxygens (including phenoxy) is 2. The Kier molecular flexibility index (Phi) is 7.67. The van der Waals surface area contributed by atoms with E-state index in [1.807, 2.05) is 0 Å². The third-order valence-corrected chi connectivity index (χ3v) is 4.25. The van der Waals surface area contributed by atoms with Crippen LogP contribution in [0.15, 0.2) is 39.2 Å². The van der Waals surface area contributed by atoms with Gasteiger partial charge in [0.25, 0.3) is 11.9 Å². The van der Waals surface area contributed by atoms with Crippen LogP contribution in [-0.2, 0) is 19.8 Å². The van der Waals surface area contributed by atoms with Crippen molar-refractivity contribution in [3.8, 4) is 0 Å². The number of carbonyl (C=O) groups excluding carboxylic acids is 1. The molecule has 3 N–H and O–H groups in total. The Bertz CT molecular complexity index is 939. The van der Waals surface area contributed by atoms with Gasteiger partial charge in [-0.05, 0) is 32.7 Å². The molecule has 1 aliphatic heterocycles. The molecule has 0 aromatic carbocycles. The zero-order valence-corrected chi connectivity index (χ0v) is 16.6. The van der Waals surface area contributed by atoms with Crippen LogP contribution in [0.3, 0.4) is 0 Å². The minimum Gasteiger partial charge on any atom is -0.456 e. The van der Waals surface area contributed by atoms with E-state index < -0.39 is 54.8 Å². The molecule has 0 bridgehead atoms. The number of halogens is 4. The highest BCUT2D eigenvalue weighted by atomic mass is 19.1. The lowest BCUT2D eigenvalue weighted by Gasteiger charge is -2.36. The molecule has 0 aliphatic carbocycles. The SMILES string of the molecule is C=N/C(=C\N=C(C)C(=O)Nc1ccc(F)c([C@@]2(C)N=C(N)O[C@H](CF)[C@@H]2F)n1)OCF. The third kappa shape index (κ3) is 5.35. The Morgan fingerprint density at radius 1 is 1.48 bits per heavy atom. The second-order valence-corrected chi connectivity index (χ2v) is 6.38. The highest BCUT2D eigenvalue weighted by Gasteiger charge is 2.49. The summed E-state index contributed by atoms with van der Waals surface area (Å²) in [5, 5.41) is 2.35. The van der Waals surface area contributed by atoms with Crippen molar-refractivity contribution in [2.75, 3.05) is 18.9 Å². The number of amides is 1. The van der Waals surface area contributed by atoms with Crippen LogP contribution in [0, 0.1) is 5.82 Å². The third-order valence-electron chi connectivity index (χ3n) is 4.25. The van der Waals surface area contributed by atoms with Gasteiger partial charge in [-0.15, -0.1) is 0 Å². The van der Waals surface area contributed by atoms with Gasteiger partial charge in [-0.25, -0.2) is 32.5 Å². The smallest absolute Gasteiger partial charge is 0.283 e. The summed E-state index contributed by atoms with van der Waals surface area (Å²) in [6.07, 6.45) is -2.73. The van der Waals surface area contributed by atoms with E-state index in [2.05, 4.69) is 36.7 Å². The molecule has 2 rings (SSSR count). The Morgan fingerprint density at radius 2 is 2.19 bits per heavy atom. The van der Waals surface area contributed by atoms with Crippen molar-refractivity contribution in [2.24, 2.45) is 20.7 Å². The highest BCUT2D eigenvalue weighted by molar-refractivity contribution is 6.42. The van der Waals surface area contributed by atoms with Crippen molar-refractivity contribution in [3.05, 3.63) is 35.7 Å². The molecule has 13 heteroatoms. The van der Waals surface area contributed by atoms with E-state index in [1.54, 1.807) is 0 Å². The topological polar surface area (TPSA) is 124 Å². The number of nitrogens with one attached hydrogen (secondary N) is 1. The Labute approximate surface area is 174 Å². The van der Waals surface area contributed by atoms with Gasteiger partial charge in [-0.2, -0.15) is 0 Å². The molecule has 2 heterocycles. The molecule has 3 atom stereocenters. The van der Waals surface area contributed by atoms with Gasteiger partial charge in [0.05, 0.1) is 6.20 Å². The number of anilines is 1. The number of aliphatic imine (C=N–C) groups is 3. The van der Waals surface area contributed by atoms with E-state index in [4.69, 9.17) is 10.5 Å². The summed E-state index contributed by atoms with van der Waals surface area (Å²) in [5.74, 6) is -2.12. The molecule has 0 spiro atoms. The molecule has 168 valence electrons. The predicted octanol–water partition coefficient (Wildman–Crippen LogP) is 2.30. The quantitative estimate of drug-likeness (QED) is 0.362. The maximum absolute atomic E-state index is 14.8. The fraction of sp³-hybridized carbons (Fsp3) is 0.389. The molecular formula is C18H20F4N6O3. The maximum Gasteiger partial charge on any atom is 0.283 e. The number of nitrogens with zero attached hydrogens (tertiary/aromatic N) is 4. The molecular weight excluding hydrogens is 424 g/mol. The van der Waals surface area contributed by atoms with Crippen molar-refractivity contribution in [1.29, 1.82) is 0 Å². The first kappa shape index (κ1) is 23.8. The summed E-state index contributed by atoms with van der Waals surface area (Å²) in [7, 11) is 0. The van der Waals surface area contributed by atoms with Crippen LogP contribution in [0.5, 0.6) is 0 Å². The van der Waals surface area contributed by atoms with Gasteiger partial charge in [0.1, 0.15) is 35.3 Å². The van der Waals surface area contributed by atoms with Gasteiger partial charge >= 0.3 is 0 Å². The fourth-order valence-corrected chi connectivity index (χ4v) is 2.65. The van der Waals surface area contributed by atoms with E-state index in [1.165, 1.54) is 13.8 Å². The molecule has 1 aliphatic rings. The number of carbonyl (C=O) groups is 1. The number of pyridine rings is 1.